The van der Waals surface area contributed by atoms with Crippen LogP contribution in [0.15, 0.2) is 59.0 Å². The Balaban J connectivity index is 1.92. The fraction of sp³-hybridized carbons (Fsp3) is 0.269. The summed E-state index contributed by atoms with van der Waals surface area (Å²) < 4.78 is 6.80. The number of nitrogens with one attached hydrogen (secondary N) is 1. The Kier molecular flexibility index (Phi) is 6.15. The number of anilines is 1. The van der Waals surface area contributed by atoms with E-state index in [4.69, 9.17) is 4.74 Å². The molecule has 0 fully saturated rings. The number of imide groups is 1. The van der Waals surface area contributed by atoms with E-state index in [0.717, 1.165) is 16.0 Å². The van der Waals surface area contributed by atoms with Gasteiger partial charge in [-0.2, -0.15) is 0 Å². The molecule has 2 aromatic carbocycles. The van der Waals surface area contributed by atoms with Crippen molar-refractivity contribution in [1.29, 1.82) is 0 Å². The highest BCUT2D eigenvalue weighted by molar-refractivity contribution is 6.45. The zero-order valence-corrected chi connectivity index (χ0v) is 20.0. The molecule has 4 rings (SSSR count). The number of aryl methyl sites for hydroxylation is 3. The molecule has 0 saturated heterocycles. The van der Waals surface area contributed by atoms with Gasteiger partial charge in [-0.05, 0) is 36.6 Å². The molecule has 176 valence electrons. The van der Waals surface area contributed by atoms with Gasteiger partial charge >= 0.3 is 0 Å². The van der Waals surface area contributed by atoms with E-state index in [-0.39, 0.29) is 22.4 Å². The molecule has 3 aromatic rings. The molecule has 1 aliphatic heterocycles. The number of likely N-dealkylation sites (N-methyl/N-ethyl adjacent to an activating group) is 1. The van der Waals surface area contributed by atoms with Crippen LogP contribution < -0.4 is 15.2 Å². The van der Waals surface area contributed by atoms with E-state index < -0.39 is 11.8 Å². The summed E-state index contributed by atoms with van der Waals surface area (Å²) in [5.74, 6) is -0.640. The van der Waals surface area contributed by atoms with Gasteiger partial charge in [-0.25, -0.2) is 4.90 Å². The second kappa shape index (κ2) is 9.05. The number of hydrogen-bond donors (Lipinski definition) is 1. The normalized spacial score (nSPS) is 13.7. The van der Waals surface area contributed by atoms with Gasteiger partial charge in [0.25, 0.3) is 17.4 Å². The standard InChI is InChI=1S/C26H28N4O4/c1-6-18-21(24(31)29(4)27-18)22-23(28(3)15-17-10-8-7-9-11-17)26(33)30(25(22)32)19-14-16(2)12-13-20(19)34-5/h7-14,27H,6,15H2,1-5H3. The first-order valence-electron chi connectivity index (χ1n) is 11.1. The zero-order valence-electron chi connectivity index (χ0n) is 20.0. The third-order valence-corrected chi connectivity index (χ3v) is 6.01. The summed E-state index contributed by atoms with van der Waals surface area (Å²) in [6.45, 7) is 4.16. The highest BCUT2D eigenvalue weighted by atomic mass is 16.5. The van der Waals surface area contributed by atoms with Crippen molar-refractivity contribution in [2.45, 2.75) is 26.8 Å². The molecule has 1 aromatic heterocycles. The number of H-pyrrole nitrogens is 1. The summed E-state index contributed by atoms with van der Waals surface area (Å²) in [5, 5.41) is 3.02. The number of nitrogens with zero attached hydrogens (tertiary/aromatic N) is 3. The number of methoxy groups -OCH3 is 1. The predicted octanol–water partition coefficient (Wildman–Crippen LogP) is 3.01. The molecule has 0 aliphatic carbocycles. The second-order valence-electron chi connectivity index (χ2n) is 8.37. The van der Waals surface area contributed by atoms with Gasteiger partial charge < -0.3 is 9.64 Å². The quantitative estimate of drug-likeness (QED) is 0.548. The smallest absolute Gasteiger partial charge is 0.282 e. The molecule has 2 heterocycles. The van der Waals surface area contributed by atoms with Crippen molar-refractivity contribution < 1.29 is 14.3 Å². The molecular formula is C26H28N4O4. The minimum Gasteiger partial charge on any atom is -0.495 e. The van der Waals surface area contributed by atoms with E-state index in [0.29, 0.717) is 30.1 Å². The number of ether oxygens (including phenoxy) is 1. The van der Waals surface area contributed by atoms with Crippen LogP contribution in [0.2, 0.25) is 0 Å². The Morgan fingerprint density at radius 3 is 2.38 bits per heavy atom. The lowest BCUT2D eigenvalue weighted by atomic mass is 10.0. The number of amides is 2. The monoisotopic (exact) mass is 460 g/mol. The highest BCUT2D eigenvalue weighted by Crippen LogP contribution is 2.39. The lowest BCUT2D eigenvalue weighted by molar-refractivity contribution is -0.120. The minimum atomic E-state index is -0.546. The Labute approximate surface area is 198 Å². The minimum absolute atomic E-state index is 0.102. The van der Waals surface area contributed by atoms with Gasteiger partial charge in [0.15, 0.2) is 0 Å². The molecule has 1 N–H and O–H groups in total. The first-order chi connectivity index (χ1) is 16.3. The summed E-state index contributed by atoms with van der Waals surface area (Å²) in [6.07, 6.45) is 0.500. The lowest BCUT2D eigenvalue weighted by Crippen LogP contribution is -2.34. The zero-order chi connectivity index (χ0) is 24.6. The molecule has 0 spiro atoms. The molecule has 8 heteroatoms. The second-order valence-corrected chi connectivity index (χ2v) is 8.37. The van der Waals surface area contributed by atoms with E-state index in [1.54, 1.807) is 31.1 Å². The van der Waals surface area contributed by atoms with Gasteiger partial charge in [0.05, 0.1) is 23.9 Å². The average Bonchev–Trinajstić information content (AvgIpc) is 3.25. The van der Waals surface area contributed by atoms with Crippen LogP contribution in [-0.2, 0) is 29.6 Å². The van der Waals surface area contributed by atoms with Gasteiger partial charge in [0, 0.05) is 26.3 Å². The molecule has 8 nitrogen and oxygen atoms in total. The maximum absolute atomic E-state index is 13.9. The van der Waals surface area contributed by atoms with Crippen LogP contribution in [-0.4, -0.2) is 40.7 Å². The largest absolute Gasteiger partial charge is 0.495 e. The van der Waals surface area contributed by atoms with E-state index in [1.165, 1.54) is 11.8 Å². The van der Waals surface area contributed by atoms with Gasteiger partial charge in [0.2, 0.25) is 0 Å². The van der Waals surface area contributed by atoms with Crippen LogP contribution in [0.25, 0.3) is 5.57 Å². The lowest BCUT2D eigenvalue weighted by Gasteiger charge is -2.22. The summed E-state index contributed by atoms with van der Waals surface area (Å²) >= 11 is 0. The third kappa shape index (κ3) is 3.81. The first kappa shape index (κ1) is 23.1. The van der Waals surface area contributed by atoms with Crippen molar-refractivity contribution in [3.05, 3.63) is 87.0 Å². The van der Waals surface area contributed by atoms with Crippen LogP contribution in [0.4, 0.5) is 5.69 Å². The average molecular weight is 461 g/mol. The van der Waals surface area contributed by atoms with Crippen LogP contribution >= 0.6 is 0 Å². The van der Waals surface area contributed by atoms with Gasteiger partial charge in [0.1, 0.15) is 11.4 Å². The van der Waals surface area contributed by atoms with Crippen LogP contribution in [0, 0.1) is 6.92 Å². The maximum atomic E-state index is 13.9. The summed E-state index contributed by atoms with van der Waals surface area (Å²) in [4.78, 5) is 43.7. The van der Waals surface area contributed by atoms with Crippen molar-refractivity contribution in [3.63, 3.8) is 0 Å². The highest BCUT2D eigenvalue weighted by Gasteiger charge is 2.44. The third-order valence-electron chi connectivity index (χ3n) is 6.01. The predicted molar refractivity (Wildman–Crippen MR) is 130 cm³/mol. The van der Waals surface area contributed by atoms with Gasteiger partial charge in [-0.1, -0.05) is 43.3 Å². The van der Waals surface area contributed by atoms with Gasteiger partial charge in [-0.3, -0.25) is 24.2 Å². The Hall–Kier alpha value is -4.07. The van der Waals surface area contributed by atoms with Gasteiger partial charge in [-0.15, -0.1) is 0 Å². The molecule has 34 heavy (non-hydrogen) atoms. The van der Waals surface area contributed by atoms with Crippen molar-refractivity contribution >= 4 is 23.1 Å². The number of aromatic nitrogens is 2. The molecule has 0 radical (unpaired) electrons. The number of benzene rings is 2. The SMILES string of the molecule is CCc1[nH]n(C)c(=O)c1C1=C(N(C)Cc2ccccc2)C(=O)N(c2cc(C)ccc2OC)C1=O. The molecule has 0 saturated carbocycles. The van der Waals surface area contributed by atoms with E-state index in [2.05, 4.69) is 5.10 Å². The summed E-state index contributed by atoms with van der Waals surface area (Å²) in [6, 6.07) is 15.0. The van der Waals surface area contributed by atoms with Crippen LogP contribution in [0.1, 0.15) is 29.3 Å². The van der Waals surface area contributed by atoms with E-state index >= 15 is 0 Å². The number of hydrogen-bond acceptors (Lipinski definition) is 5. The van der Waals surface area contributed by atoms with Crippen molar-refractivity contribution in [2.75, 3.05) is 19.1 Å². The topological polar surface area (TPSA) is 87.6 Å². The van der Waals surface area contributed by atoms with Crippen LogP contribution in [0.5, 0.6) is 5.75 Å². The number of aromatic amines is 1. The molecular weight excluding hydrogens is 432 g/mol. The molecule has 0 atom stereocenters. The first-order valence-corrected chi connectivity index (χ1v) is 11.1. The Bertz CT molecular complexity index is 1350. The molecule has 0 unspecified atom stereocenters. The van der Waals surface area contributed by atoms with E-state index in [1.807, 2.05) is 50.2 Å². The van der Waals surface area contributed by atoms with Crippen LogP contribution in [0.3, 0.4) is 0 Å². The van der Waals surface area contributed by atoms with Crippen molar-refractivity contribution in [1.82, 2.24) is 14.7 Å². The maximum Gasteiger partial charge on any atom is 0.282 e. The summed E-state index contributed by atoms with van der Waals surface area (Å²) in [7, 11) is 4.85. The fourth-order valence-electron chi connectivity index (χ4n) is 4.35. The fourth-order valence-corrected chi connectivity index (χ4v) is 4.35. The summed E-state index contributed by atoms with van der Waals surface area (Å²) in [5.41, 5.74) is 2.96. The molecule has 2 amide bonds. The number of carbonyl (C=O) groups excluding carboxylic acids is 2. The Morgan fingerprint density at radius 1 is 1.03 bits per heavy atom. The molecule has 1 aliphatic rings. The van der Waals surface area contributed by atoms with E-state index in [9.17, 15) is 14.4 Å². The number of carbonyl (C=O) groups is 2. The number of rotatable bonds is 7. The van der Waals surface area contributed by atoms with Crippen molar-refractivity contribution in [3.8, 4) is 5.75 Å². The Morgan fingerprint density at radius 2 is 1.74 bits per heavy atom. The van der Waals surface area contributed by atoms with Crippen molar-refractivity contribution in [2.24, 2.45) is 7.05 Å². The molecule has 0 bridgehead atoms.